The summed E-state index contributed by atoms with van der Waals surface area (Å²) < 4.78 is 25.3. The fourth-order valence-electron chi connectivity index (χ4n) is 4.66. The van der Waals surface area contributed by atoms with Gasteiger partial charge in [-0.05, 0) is 40.5 Å². The van der Waals surface area contributed by atoms with Crippen LogP contribution in [0.3, 0.4) is 0 Å². The molecule has 0 aromatic carbocycles. The summed E-state index contributed by atoms with van der Waals surface area (Å²) in [5.74, 6) is 0. The molecule has 0 saturated carbocycles. The SMILES string of the molecule is CCCCCCCCCCCCCCCCCC[N+](C)(C)CCCP(=O)(OC(C)C)OC(C)C. The second-order valence-electron chi connectivity index (χ2n) is 11.7. The van der Waals surface area contributed by atoms with Gasteiger partial charge >= 0.3 is 7.60 Å². The van der Waals surface area contributed by atoms with Crippen LogP contribution in [0.25, 0.3) is 0 Å². The van der Waals surface area contributed by atoms with Crippen molar-refractivity contribution >= 4 is 7.60 Å². The Kier molecular flexibility index (Phi) is 21.3. The monoisotopic (exact) mass is 504 g/mol. The average Bonchev–Trinajstić information content (AvgIpc) is 2.72. The van der Waals surface area contributed by atoms with E-state index in [0.29, 0.717) is 6.16 Å². The zero-order valence-electron chi connectivity index (χ0n) is 24.4. The molecule has 0 rings (SSSR count). The topological polar surface area (TPSA) is 35.5 Å². The number of hydrogen-bond acceptors (Lipinski definition) is 3. The third-order valence-corrected chi connectivity index (χ3v) is 8.90. The predicted molar refractivity (Wildman–Crippen MR) is 151 cm³/mol. The quantitative estimate of drug-likeness (QED) is 0.0705. The third kappa shape index (κ3) is 22.6. The molecular weight excluding hydrogens is 441 g/mol. The molecule has 0 aromatic rings. The first kappa shape index (κ1) is 34.1. The summed E-state index contributed by atoms with van der Waals surface area (Å²) in [6.07, 6.45) is 23.8. The molecule has 0 aliphatic rings. The number of rotatable bonds is 25. The van der Waals surface area contributed by atoms with Crippen molar-refractivity contribution in [1.29, 1.82) is 0 Å². The Bertz CT molecular complexity index is 480. The van der Waals surface area contributed by atoms with E-state index in [1.807, 2.05) is 27.7 Å². The summed E-state index contributed by atoms with van der Waals surface area (Å²) in [5.41, 5.74) is 0. The predicted octanol–water partition coefficient (Wildman–Crippen LogP) is 9.76. The highest BCUT2D eigenvalue weighted by Crippen LogP contribution is 2.51. The van der Waals surface area contributed by atoms with Crippen molar-refractivity contribution in [3.8, 4) is 0 Å². The third-order valence-electron chi connectivity index (χ3n) is 6.56. The maximum atomic E-state index is 13.0. The molecule has 0 N–H and O–H groups in total. The fourth-order valence-corrected chi connectivity index (χ4v) is 6.74. The molecule has 0 amide bonds. The first-order chi connectivity index (χ1) is 16.1. The van der Waals surface area contributed by atoms with Crippen LogP contribution in [0.5, 0.6) is 0 Å². The summed E-state index contributed by atoms with van der Waals surface area (Å²) in [4.78, 5) is 0. The molecule has 0 bridgehead atoms. The van der Waals surface area contributed by atoms with Crippen LogP contribution in [0.1, 0.15) is 144 Å². The van der Waals surface area contributed by atoms with Crippen molar-refractivity contribution in [2.75, 3.05) is 33.3 Å². The highest BCUT2D eigenvalue weighted by molar-refractivity contribution is 7.53. The van der Waals surface area contributed by atoms with Gasteiger partial charge in [-0.2, -0.15) is 0 Å². The van der Waals surface area contributed by atoms with Gasteiger partial charge in [0.2, 0.25) is 0 Å². The van der Waals surface area contributed by atoms with Crippen molar-refractivity contribution in [3.05, 3.63) is 0 Å². The number of nitrogens with zero attached hydrogens (tertiary/aromatic N) is 1. The Balaban J connectivity index is 3.67. The second kappa shape index (κ2) is 21.2. The minimum Gasteiger partial charge on any atom is -0.328 e. The lowest BCUT2D eigenvalue weighted by atomic mass is 10.0. The van der Waals surface area contributed by atoms with E-state index in [1.165, 1.54) is 109 Å². The summed E-state index contributed by atoms with van der Waals surface area (Å²) in [7, 11) is 1.60. The second-order valence-corrected chi connectivity index (χ2v) is 13.8. The summed E-state index contributed by atoms with van der Waals surface area (Å²) in [5, 5.41) is 0. The molecule has 206 valence electrons. The molecule has 0 aliphatic heterocycles. The minimum absolute atomic E-state index is 0.0720. The summed E-state index contributed by atoms with van der Waals surface area (Å²) in [6.45, 7) is 12.2. The molecule has 0 unspecified atom stereocenters. The molecule has 0 saturated heterocycles. The molecule has 0 fully saturated rings. The lowest BCUT2D eigenvalue weighted by Crippen LogP contribution is -2.41. The smallest absolute Gasteiger partial charge is 0.328 e. The van der Waals surface area contributed by atoms with Crippen molar-refractivity contribution < 1.29 is 18.1 Å². The molecule has 0 aromatic heterocycles. The average molecular weight is 505 g/mol. The van der Waals surface area contributed by atoms with E-state index in [0.717, 1.165) is 17.4 Å². The molecule has 5 heteroatoms. The minimum atomic E-state index is -2.99. The first-order valence-corrected chi connectivity index (χ1v) is 16.6. The van der Waals surface area contributed by atoms with Crippen LogP contribution in [-0.4, -0.2) is 50.0 Å². The van der Waals surface area contributed by atoms with Gasteiger partial charge < -0.3 is 13.5 Å². The van der Waals surface area contributed by atoms with Crippen LogP contribution in [0.15, 0.2) is 0 Å². The maximum absolute atomic E-state index is 13.0. The highest BCUT2D eigenvalue weighted by atomic mass is 31.2. The Morgan fingerprint density at radius 3 is 1.24 bits per heavy atom. The molecule has 4 nitrogen and oxygen atoms in total. The maximum Gasteiger partial charge on any atom is 0.331 e. The van der Waals surface area contributed by atoms with E-state index < -0.39 is 7.60 Å². The standard InChI is InChI=1S/C29H63NO3P/c1-8-9-10-11-12-13-14-15-16-17-18-19-20-21-22-23-25-30(6,7)26-24-27-34(31,32-28(2)3)33-29(4)5/h28-29H,8-27H2,1-7H3/q+1. The van der Waals surface area contributed by atoms with Crippen LogP contribution in [-0.2, 0) is 13.6 Å². The highest BCUT2D eigenvalue weighted by Gasteiger charge is 2.28. The van der Waals surface area contributed by atoms with Gasteiger partial charge in [-0.1, -0.05) is 96.8 Å². The lowest BCUT2D eigenvalue weighted by Gasteiger charge is -2.31. The Morgan fingerprint density at radius 1 is 0.559 bits per heavy atom. The van der Waals surface area contributed by atoms with Gasteiger partial charge in [0, 0.05) is 6.42 Å². The Morgan fingerprint density at radius 2 is 0.882 bits per heavy atom. The number of hydrogen-bond donors (Lipinski definition) is 0. The Labute approximate surface area is 215 Å². The molecular formula is C29H63NO3P+. The van der Waals surface area contributed by atoms with Gasteiger partial charge in [-0.25, -0.2) is 0 Å². The number of quaternary nitrogens is 1. The lowest BCUT2D eigenvalue weighted by molar-refractivity contribution is -0.890. The van der Waals surface area contributed by atoms with E-state index in [1.54, 1.807) is 0 Å². The van der Waals surface area contributed by atoms with E-state index in [2.05, 4.69) is 21.0 Å². The van der Waals surface area contributed by atoms with Crippen LogP contribution >= 0.6 is 7.60 Å². The van der Waals surface area contributed by atoms with Gasteiger partial charge in [0.05, 0.1) is 45.6 Å². The Hall–Kier alpha value is 0.110. The molecule has 34 heavy (non-hydrogen) atoms. The van der Waals surface area contributed by atoms with E-state index in [4.69, 9.17) is 9.05 Å². The van der Waals surface area contributed by atoms with Crippen LogP contribution in [0.2, 0.25) is 0 Å². The number of unbranched alkanes of at least 4 members (excludes halogenated alkanes) is 15. The zero-order valence-corrected chi connectivity index (χ0v) is 25.3. The van der Waals surface area contributed by atoms with Crippen LogP contribution in [0, 0.1) is 0 Å². The fraction of sp³-hybridized carbons (Fsp3) is 1.00. The van der Waals surface area contributed by atoms with Crippen molar-refractivity contribution in [3.63, 3.8) is 0 Å². The van der Waals surface area contributed by atoms with Gasteiger partial charge in [-0.3, -0.25) is 4.57 Å². The zero-order chi connectivity index (χ0) is 25.7. The molecule has 0 heterocycles. The van der Waals surface area contributed by atoms with E-state index in [-0.39, 0.29) is 12.2 Å². The van der Waals surface area contributed by atoms with Crippen LogP contribution in [0.4, 0.5) is 0 Å². The van der Waals surface area contributed by atoms with Crippen molar-refractivity contribution in [1.82, 2.24) is 0 Å². The van der Waals surface area contributed by atoms with Crippen LogP contribution < -0.4 is 0 Å². The molecule has 0 atom stereocenters. The van der Waals surface area contributed by atoms with E-state index >= 15 is 0 Å². The van der Waals surface area contributed by atoms with Gasteiger partial charge in [0.25, 0.3) is 0 Å². The van der Waals surface area contributed by atoms with Gasteiger partial charge in [0.15, 0.2) is 0 Å². The molecule has 0 aliphatic carbocycles. The van der Waals surface area contributed by atoms with Crippen molar-refractivity contribution in [2.24, 2.45) is 0 Å². The molecule has 0 radical (unpaired) electrons. The largest absolute Gasteiger partial charge is 0.331 e. The molecule has 0 spiro atoms. The first-order valence-electron chi connectivity index (χ1n) is 14.9. The van der Waals surface area contributed by atoms with E-state index in [9.17, 15) is 4.57 Å². The normalized spacial score (nSPS) is 12.9. The van der Waals surface area contributed by atoms with Crippen molar-refractivity contribution in [2.45, 2.75) is 156 Å². The summed E-state index contributed by atoms with van der Waals surface area (Å²) in [6, 6.07) is 0. The van der Waals surface area contributed by atoms with Gasteiger partial charge in [-0.15, -0.1) is 0 Å². The summed E-state index contributed by atoms with van der Waals surface area (Å²) >= 11 is 0. The van der Waals surface area contributed by atoms with Gasteiger partial charge in [0.1, 0.15) is 0 Å².